The summed E-state index contributed by atoms with van der Waals surface area (Å²) in [5, 5.41) is 3.79. The third-order valence-corrected chi connectivity index (χ3v) is 10.6. The van der Waals surface area contributed by atoms with Crippen LogP contribution in [0.3, 0.4) is 0 Å². The van der Waals surface area contributed by atoms with E-state index in [-0.39, 0.29) is 29.8 Å². The van der Waals surface area contributed by atoms with E-state index in [9.17, 15) is 18.0 Å². The first kappa shape index (κ1) is 34.2. The first-order chi connectivity index (χ1) is 22.6. The van der Waals surface area contributed by atoms with Crippen molar-refractivity contribution in [3.05, 3.63) is 130 Å². The molecule has 0 unspecified atom stereocenters. The highest BCUT2D eigenvalue weighted by molar-refractivity contribution is 7.92. The first-order valence-electron chi connectivity index (χ1n) is 16.1. The average Bonchev–Trinajstić information content (AvgIpc) is 3.06. The molecule has 0 bridgehead atoms. The van der Waals surface area contributed by atoms with Gasteiger partial charge in [0.15, 0.2) is 0 Å². The summed E-state index contributed by atoms with van der Waals surface area (Å²) in [4.78, 5) is 30.5. The van der Waals surface area contributed by atoms with Gasteiger partial charge < -0.3 is 10.2 Å². The fraction of sp³-hybridized carbons (Fsp3) is 0.316. The number of nitrogens with one attached hydrogen (secondary N) is 1. The van der Waals surface area contributed by atoms with E-state index in [1.165, 1.54) is 17.0 Å². The number of hydrogen-bond donors (Lipinski definition) is 1. The lowest BCUT2D eigenvalue weighted by Crippen LogP contribution is -2.55. The second-order valence-electron chi connectivity index (χ2n) is 12.4. The van der Waals surface area contributed by atoms with Crippen molar-refractivity contribution in [3.63, 3.8) is 0 Å². The lowest BCUT2D eigenvalue weighted by atomic mass is 9.94. The van der Waals surface area contributed by atoms with Crippen LogP contribution < -0.4 is 9.62 Å². The Morgan fingerprint density at radius 3 is 2.02 bits per heavy atom. The van der Waals surface area contributed by atoms with Gasteiger partial charge in [-0.15, -0.1) is 0 Å². The van der Waals surface area contributed by atoms with Crippen molar-refractivity contribution in [2.24, 2.45) is 0 Å². The van der Waals surface area contributed by atoms with Crippen LogP contribution in [0.5, 0.6) is 0 Å². The van der Waals surface area contributed by atoms with Gasteiger partial charge in [-0.25, -0.2) is 8.42 Å². The van der Waals surface area contributed by atoms with Crippen molar-refractivity contribution in [3.8, 4) is 0 Å². The molecule has 4 aromatic rings. The van der Waals surface area contributed by atoms with Crippen LogP contribution in [0.15, 0.2) is 108 Å². The molecule has 0 saturated heterocycles. The van der Waals surface area contributed by atoms with Crippen LogP contribution in [0.4, 0.5) is 5.69 Å². The Kier molecular flexibility index (Phi) is 11.4. The quantitative estimate of drug-likeness (QED) is 0.172. The predicted molar refractivity (Wildman–Crippen MR) is 188 cm³/mol. The molecule has 5 rings (SSSR count). The summed E-state index contributed by atoms with van der Waals surface area (Å²) >= 11 is 6.19. The molecule has 4 aromatic carbocycles. The number of sulfonamides is 1. The Morgan fingerprint density at radius 2 is 1.40 bits per heavy atom. The van der Waals surface area contributed by atoms with Gasteiger partial charge in [0.1, 0.15) is 12.6 Å². The SMILES string of the molecule is Cc1cc(C)cc(N(CC(=O)N(Cc2ccc(Cl)cc2)[C@@H](Cc2ccccc2)C(=O)NC2CCCCC2)S(=O)(=O)c2ccccc2)c1. The maximum atomic E-state index is 14.7. The molecule has 9 heteroatoms. The number of aryl methyl sites for hydroxylation is 2. The molecule has 1 aliphatic rings. The Morgan fingerprint density at radius 1 is 0.809 bits per heavy atom. The van der Waals surface area contributed by atoms with Gasteiger partial charge >= 0.3 is 0 Å². The molecule has 1 aliphatic carbocycles. The summed E-state index contributed by atoms with van der Waals surface area (Å²) in [5.74, 6) is -0.731. The van der Waals surface area contributed by atoms with Crippen molar-refractivity contribution in [2.75, 3.05) is 10.8 Å². The number of amides is 2. The molecule has 47 heavy (non-hydrogen) atoms. The molecular weight excluding hydrogens is 630 g/mol. The summed E-state index contributed by atoms with van der Waals surface area (Å²) in [5.41, 5.74) is 3.79. The Labute approximate surface area is 283 Å². The molecular formula is C38H42ClN3O4S. The lowest BCUT2D eigenvalue weighted by Gasteiger charge is -2.35. The Balaban J connectivity index is 1.57. The van der Waals surface area contributed by atoms with Crippen LogP contribution >= 0.6 is 11.6 Å². The number of hydrogen-bond acceptors (Lipinski definition) is 4. The number of carbonyl (C=O) groups excluding carboxylic acids is 2. The van der Waals surface area contributed by atoms with Crippen LogP contribution in [0, 0.1) is 13.8 Å². The second-order valence-corrected chi connectivity index (χ2v) is 14.7. The van der Waals surface area contributed by atoms with Crippen molar-refractivity contribution >= 4 is 39.1 Å². The fourth-order valence-corrected chi connectivity index (χ4v) is 7.77. The van der Waals surface area contributed by atoms with Gasteiger partial charge in [-0.2, -0.15) is 0 Å². The zero-order valence-corrected chi connectivity index (χ0v) is 28.5. The van der Waals surface area contributed by atoms with E-state index in [0.29, 0.717) is 10.7 Å². The molecule has 1 saturated carbocycles. The van der Waals surface area contributed by atoms with Crippen molar-refractivity contribution in [2.45, 2.75) is 75.9 Å². The van der Waals surface area contributed by atoms with Crippen molar-refractivity contribution < 1.29 is 18.0 Å². The summed E-state index contributed by atoms with van der Waals surface area (Å²) in [6.45, 7) is 3.39. The van der Waals surface area contributed by atoms with Crippen LogP contribution in [0.1, 0.15) is 54.4 Å². The summed E-state index contributed by atoms with van der Waals surface area (Å²) in [7, 11) is -4.15. The largest absolute Gasteiger partial charge is 0.352 e. The molecule has 7 nitrogen and oxygen atoms in total. The van der Waals surface area contributed by atoms with E-state index in [4.69, 9.17) is 11.6 Å². The van der Waals surface area contributed by atoms with Crippen LogP contribution in [0.25, 0.3) is 0 Å². The maximum absolute atomic E-state index is 14.7. The van der Waals surface area contributed by atoms with Crippen LogP contribution in [-0.4, -0.2) is 43.8 Å². The van der Waals surface area contributed by atoms with E-state index in [1.807, 2.05) is 62.4 Å². The maximum Gasteiger partial charge on any atom is 0.264 e. The molecule has 0 aliphatic heterocycles. The lowest BCUT2D eigenvalue weighted by molar-refractivity contribution is -0.140. The molecule has 1 atom stereocenters. The average molecular weight is 672 g/mol. The Bertz CT molecular complexity index is 1740. The number of halogens is 1. The molecule has 0 aromatic heterocycles. The second kappa shape index (κ2) is 15.6. The number of nitrogens with zero attached hydrogens (tertiary/aromatic N) is 2. The summed E-state index contributed by atoms with van der Waals surface area (Å²) < 4.78 is 29.6. The minimum atomic E-state index is -4.15. The van der Waals surface area contributed by atoms with Gasteiger partial charge in [0.2, 0.25) is 11.8 Å². The van der Waals surface area contributed by atoms with Crippen molar-refractivity contribution in [1.82, 2.24) is 10.2 Å². The summed E-state index contributed by atoms with van der Waals surface area (Å²) in [6, 6.07) is 29.5. The third-order valence-electron chi connectivity index (χ3n) is 8.59. The Hall–Kier alpha value is -4.14. The minimum absolute atomic E-state index is 0.0345. The molecule has 0 heterocycles. The number of anilines is 1. The molecule has 1 fully saturated rings. The molecule has 1 N–H and O–H groups in total. The van der Waals surface area contributed by atoms with Gasteiger partial charge in [-0.05, 0) is 85.3 Å². The van der Waals surface area contributed by atoms with Gasteiger partial charge in [0.25, 0.3) is 10.0 Å². The number of rotatable bonds is 12. The molecule has 0 radical (unpaired) electrons. The fourth-order valence-electron chi connectivity index (χ4n) is 6.23. The highest BCUT2D eigenvalue weighted by atomic mass is 35.5. The molecule has 2 amide bonds. The zero-order chi connectivity index (χ0) is 33.4. The van der Waals surface area contributed by atoms with Gasteiger partial charge in [0.05, 0.1) is 10.6 Å². The smallest absolute Gasteiger partial charge is 0.264 e. The topological polar surface area (TPSA) is 86.8 Å². The highest BCUT2D eigenvalue weighted by Gasteiger charge is 2.35. The van der Waals surface area contributed by atoms with Gasteiger partial charge in [0, 0.05) is 24.0 Å². The minimum Gasteiger partial charge on any atom is -0.352 e. The number of benzene rings is 4. The monoisotopic (exact) mass is 671 g/mol. The van der Waals surface area contributed by atoms with Crippen LogP contribution in [0.2, 0.25) is 5.02 Å². The van der Waals surface area contributed by atoms with E-state index in [2.05, 4.69) is 5.32 Å². The normalized spacial score (nSPS) is 14.3. The van der Waals surface area contributed by atoms with Crippen molar-refractivity contribution in [1.29, 1.82) is 0 Å². The zero-order valence-electron chi connectivity index (χ0n) is 26.9. The summed E-state index contributed by atoms with van der Waals surface area (Å²) in [6.07, 6.45) is 5.29. The third kappa shape index (κ3) is 9.02. The van der Waals surface area contributed by atoms with E-state index in [1.54, 1.807) is 42.5 Å². The van der Waals surface area contributed by atoms with E-state index < -0.39 is 28.5 Å². The predicted octanol–water partition coefficient (Wildman–Crippen LogP) is 7.24. The highest BCUT2D eigenvalue weighted by Crippen LogP contribution is 2.27. The van der Waals surface area contributed by atoms with Gasteiger partial charge in [-0.3, -0.25) is 13.9 Å². The van der Waals surface area contributed by atoms with E-state index in [0.717, 1.165) is 58.7 Å². The molecule has 0 spiro atoms. The van der Waals surface area contributed by atoms with E-state index >= 15 is 0 Å². The molecule has 246 valence electrons. The van der Waals surface area contributed by atoms with Gasteiger partial charge in [-0.1, -0.05) is 97.6 Å². The van der Waals surface area contributed by atoms with Crippen LogP contribution in [-0.2, 0) is 32.6 Å². The number of carbonyl (C=O) groups is 2. The first-order valence-corrected chi connectivity index (χ1v) is 18.0. The standard InChI is InChI=1S/C38H42ClN3O4S/c1-28-22-29(2)24-34(23-28)42(47(45,46)35-16-10-5-11-17-35)27-37(43)41(26-31-18-20-32(39)21-19-31)36(25-30-12-6-3-7-13-30)38(44)40-33-14-8-4-9-15-33/h3,5-7,10-13,16-24,33,36H,4,8-9,14-15,25-27H2,1-2H3,(H,40,44)/t36-/m0/s1.